The van der Waals surface area contributed by atoms with Crippen LogP contribution in [0.1, 0.15) is 37.4 Å². The van der Waals surface area contributed by atoms with E-state index in [1.54, 1.807) is 24.3 Å². The minimum Gasteiger partial charge on any atom is -1.00 e. The molecule has 0 radical (unpaired) electrons. The van der Waals surface area contributed by atoms with E-state index in [4.69, 9.17) is 15.0 Å². The molecule has 0 saturated heterocycles. The van der Waals surface area contributed by atoms with Crippen LogP contribution in [0.25, 0.3) is 0 Å². The van der Waals surface area contributed by atoms with Crippen molar-refractivity contribution in [1.29, 1.82) is 0 Å². The summed E-state index contributed by atoms with van der Waals surface area (Å²) in [6.07, 6.45) is 0. The quantitative estimate of drug-likeness (QED) is 0.295. The van der Waals surface area contributed by atoms with E-state index < -0.39 is 29.9 Å². The van der Waals surface area contributed by atoms with Gasteiger partial charge in [-0.1, -0.05) is 24.3 Å². The van der Waals surface area contributed by atoms with E-state index in [1.807, 2.05) is 0 Å². The summed E-state index contributed by atoms with van der Waals surface area (Å²) in [6.45, 7) is 2.44. The maximum absolute atomic E-state index is 10.6. The van der Waals surface area contributed by atoms with Gasteiger partial charge < -0.3 is 34.0 Å². The molecule has 0 aliphatic carbocycles. The van der Waals surface area contributed by atoms with Crippen molar-refractivity contribution >= 4 is 67.6 Å². The molecule has 0 fully saturated rings. The van der Waals surface area contributed by atoms with Gasteiger partial charge in [0.25, 0.3) is 0 Å². The number of benzene rings is 2. The standard InChI is InChI=1S/2C9H8O4.CH4N2O.Ca.2H/c2*1-6(10)13-8-5-3-2-4-7(8)9(11)12;2-1(3)4;;;/h2*2-5H,1H3,(H,11,12);(H4,2,3,4);;;/q;;;+2;2*-1. The van der Waals surface area contributed by atoms with Crippen LogP contribution >= 0.6 is 0 Å². The van der Waals surface area contributed by atoms with Crippen LogP contribution in [-0.4, -0.2) is 77.9 Å². The topological polar surface area (TPSA) is 196 Å². The molecule has 0 bridgehead atoms. The van der Waals surface area contributed by atoms with Crippen LogP contribution in [0.2, 0.25) is 0 Å². The van der Waals surface area contributed by atoms with E-state index in [9.17, 15) is 19.2 Å². The zero-order valence-electron chi connectivity index (χ0n) is 18.7. The average molecular weight is 462 g/mol. The number of para-hydroxylation sites is 2. The molecule has 12 heteroatoms. The van der Waals surface area contributed by atoms with E-state index in [0.29, 0.717) is 0 Å². The normalized spacial score (nSPS) is 8.58. The molecule has 31 heavy (non-hydrogen) atoms. The number of hydrogen-bond acceptors (Lipinski definition) is 7. The van der Waals surface area contributed by atoms with Crippen LogP contribution in [0, 0.1) is 0 Å². The minimum atomic E-state index is -1.11. The van der Waals surface area contributed by atoms with E-state index >= 15 is 0 Å². The Morgan fingerprint density at radius 3 is 1.19 bits per heavy atom. The molecule has 6 N–H and O–H groups in total. The van der Waals surface area contributed by atoms with Gasteiger partial charge >= 0.3 is 67.6 Å². The summed E-state index contributed by atoms with van der Waals surface area (Å²) in [5, 5.41) is 17.4. The Morgan fingerprint density at radius 1 is 0.710 bits per heavy atom. The van der Waals surface area contributed by atoms with Gasteiger partial charge in [0.2, 0.25) is 0 Å². The summed E-state index contributed by atoms with van der Waals surface area (Å²) >= 11 is 0. The Bertz CT molecular complexity index is 869. The Labute approximate surface area is 209 Å². The summed E-state index contributed by atoms with van der Waals surface area (Å²) in [4.78, 5) is 51.4. The molecule has 2 amide bonds. The summed E-state index contributed by atoms with van der Waals surface area (Å²) in [7, 11) is 0. The van der Waals surface area contributed by atoms with Gasteiger partial charge in [0.15, 0.2) is 0 Å². The number of esters is 2. The summed E-state index contributed by atoms with van der Waals surface area (Å²) in [5.74, 6) is -3.15. The largest absolute Gasteiger partial charge is 2.00 e. The van der Waals surface area contributed by atoms with E-state index in [1.165, 1.54) is 38.1 Å². The molecule has 11 nitrogen and oxygen atoms in total. The molecular weight excluding hydrogens is 440 g/mol. The number of rotatable bonds is 4. The second-order valence-corrected chi connectivity index (χ2v) is 5.19. The van der Waals surface area contributed by atoms with E-state index in [0.717, 1.165) is 0 Å². The zero-order valence-corrected chi connectivity index (χ0v) is 18.9. The number of carboxylic acid groups (broad SMARTS) is 2. The van der Waals surface area contributed by atoms with Crippen LogP contribution in [0.3, 0.4) is 0 Å². The summed E-state index contributed by atoms with van der Waals surface area (Å²) < 4.78 is 9.37. The van der Waals surface area contributed by atoms with Gasteiger partial charge in [0, 0.05) is 13.8 Å². The molecular formula is C19H22CaN2O9. The number of aromatic carboxylic acids is 2. The molecule has 0 atom stereocenters. The van der Waals surface area contributed by atoms with Crippen LogP contribution in [0.15, 0.2) is 48.5 Å². The molecule has 0 aliphatic rings. The van der Waals surface area contributed by atoms with Gasteiger partial charge in [0.1, 0.15) is 22.6 Å². The number of primary amides is 2. The third-order valence-corrected chi connectivity index (χ3v) is 2.74. The van der Waals surface area contributed by atoms with Gasteiger partial charge in [-0.15, -0.1) is 0 Å². The Kier molecular flexibility index (Phi) is 15.2. The maximum atomic E-state index is 10.6. The third-order valence-electron chi connectivity index (χ3n) is 2.74. The van der Waals surface area contributed by atoms with E-state index in [2.05, 4.69) is 20.9 Å². The van der Waals surface area contributed by atoms with Crippen molar-refractivity contribution in [3.05, 3.63) is 59.7 Å². The van der Waals surface area contributed by atoms with Crippen LogP contribution in [-0.2, 0) is 9.59 Å². The van der Waals surface area contributed by atoms with Crippen LogP contribution < -0.4 is 20.9 Å². The molecule has 2 aromatic rings. The maximum Gasteiger partial charge on any atom is 2.00 e. The number of hydrogen-bond donors (Lipinski definition) is 4. The SMILES string of the molecule is CC(=O)Oc1ccccc1C(=O)O.CC(=O)Oc1ccccc1C(=O)O.NC(N)=O.[Ca+2].[H-].[H-]. The van der Waals surface area contributed by atoms with Gasteiger partial charge in [-0.2, -0.15) is 0 Å². The fraction of sp³-hybridized carbons (Fsp3) is 0.105. The van der Waals surface area contributed by atoms with Gasteiger partial charge in [-0.25, -0.2) is 14.4 Å². The number of amides is 2. The Balaban J connectivity index is -0.000000203. The van der Waals surface area contributed by atoms with E-state index in [-0.39, 0.29) is 63.2 Å². The van der Waals surface area contributed by atoms with Crippen molar-refractivity contribution in [2.45, 2.75) is 13.8 Å². The molecule has 0 aliphatic heterocycles. The zero-order chi connectivity index (χ0) is 23.3. The number of carbonyl (C=O) groups excluding carboxylic acids is 3. The van der Waals surface area contributed by atoms with Crippen molar-refractivity contribution in [3.8, 4) is 11.5 Å². The predicted molar refractivity (Wildman–Crippen MR) is 111 cm³/mol. The molecule has 0 spiro atoms. The fourth-order valence-electron chi connectivity index (χ4n) is 1.77. The number of ether oxygens (including phenoxy) is 2. The second-order valence-electron chi connectivity index (χ2n) is 5.19. The average Bonchev–Trinajstić information content (AvgIpc) is 2.61. The van der Waals surface area contributed by atoms with Gasteiger partial charge in [0.05, 0.1) is 0 Å². The Morgan fingerprint density at radius 2 is 0.968 bits per heavy atom. The van der Waals surface area contributed by atoms with Gasteiger partial charge in [-0.05, 0) is 24.3 Å². The predicted octanol–water partition coefficient (Wildman–Crippen LogP) is 1.49. The number of carboxylic acids is 2. The molecule has 0 heterocycles. The first-order valence-corrected chi connectivity index (χ1v) is 8.02. The van der Waals surface area contributed by atoms with Crippen molar-refractivity contribution in [3.63, 3.8) is 0 Å². The van der Waals surface area contributed by atoms with Crippen molar-refractivity contribution in [1.82, 2.24) is 0 Å². The molecule has 0 aromatic heterocycles. The summed E-state index contributed by atoms with van der Waals surface area (Å²) in [5.41, 5.74) is 8.47. The van der Waals surface area contributed by atoms with Gasteiger partial charge in [-0.3, -0.25) is 9.59 Å². The van der Waals surface area contributed by atoms with Crippen molar-refractivity contribution in [2.75, 3.05) is 0 Å². The van der Waals surface area contributed by atoms with Crippen LogP contribution in [0.4, 0.5) is 4.79 Å². The first-order chi connectivity index (χ1) is 14.0. The first-order valence-electron chi connectivity index (χ1n) is 8.02. The smallest absolute Gasteiger partial charge is 1.00 e. The minimum absolute atomic E-state index is 0. The van der Waals surface area contributed by atoms with Crippen molar-refractivity contribution < 1.29 is 46.5 Å². The molecule has 2 aromatic carbocycles. The molecule has 0 unspecified atom stereocenters. The number of urea groups is 1. The first kappa shape index (κ1) is 30.0. The Hall–Kier alpha value is -3.15. The van der Waals surface area contributed by atoms with Crippen molar-refractivity contribution in [2.24, 2.45) is 11.5 Å². The fourth-order valence-corrected chi connectivity index (χ4v) is 1.77. The summed E-state index contributed by atoms with van der Waals surface area (Å²) in [6, 6.07) is 11.1. The number of carbonyl (C=O) groups is 5. The molecule has 0 saturated carbocycles. The van der Waals surface area contributed by atoms with Crippen LogP contribution in [0.5, 0.6) is 11.5 Å². The monoisotopic (exact) mass is 462 g/mol. The molecule has 2 rings (SSSR count). The second kappa shape index (κ2) is 15.7. The number of nitrogens with two attached hydrogens (primary N) is 2. The molecule has 164 valence electrons. The third kappa shape index (κ3) is 13.7.